The van der Waals surface area contributed by atoms with Crippen LogP contribution in [0.1, 0.15) is 40.5 Å². The Morgan fingerprint density at radius 2 is 2.00 bits per heavy atom. The Morgan fingerprint density at radius 3 is 2.35 bits per heavy atom. The first-order valence-corrected chi connectivity index (χ1v) is 7.42. The maximum absolute atomic E-state index is 12.8. The van der Waals surface area contributed by atoms with Crippen molar-refractivity contribution in [3.8, 4) is 0 Å². The van der Waals surface area contributed by atoms with Gasteiger partial charge in [0.05, 0.1) is 17.0 Å². The van der Waals surface area contributed by atoms with Crippen molar-refractivity contribution in [2.45, 2.75) is 46.6 Å². The molecule has 0 aromatic carbocycles. The number of esters is 1. The highest BCUT2D eigenvalue weighted by Crippen LogP contribution is 2.47. The van der Waals surface area contributed by atoms with Crippen molar-refractivity contribution in [3.63, 3.8) is 0 Å². The summed E-state index contributed by atoms with van der Waals surface area (Å²) in [7, 11) is 0. The summed E-state index contributed by atoms with van der Waals surface area (Å²) in [5.41, 5.74) is 5.02. The highest BCUT2D eigenvalue weighted by Gasteiger charge is 2.53. The van der Waals surface area contributed by atoms with Gasteiger partial charge >= 0.3 is 5.97 Å². The molecule has 114 valence electrons. The number of thiocarbonyl (C=S) groups is 1. The van der Waals surface area contributed by atoms with E-state index in [2.05, 4.69) is 6.92 Å². The van der Waals surface area contributed by atoms with Crippen LogP contribution in [-0.2, 0) is 14.3 Å². The van der Waals surface area contributed by atoms with Crippen LogP contribution in [0.4, 0.5) is 0 Å². The van der Waals surface area contributed by atoms with E-state index in [1.807, 2.05) is 13.8 Å². The molecule has 1 aliphatic rings. The molecule has 0 spiro atoms. The van der Waals surface area contributed by atoms with Gasteiger partial charge in [0.1, 0.15) is 6.54 Å². The highest BCUT2D eigenvalue weighted by molar-refractivity contribution is 7.80. The molecule has 20 heavy (non-hydrogen) atoms. The molecule has 6 heteroatoms. The summed E-state index contributed by atoms with van der Waals surface area (Å²) >= 11 is 5.09. The van der Waals surface area contributed by atoms with Gasteiger partial charge in [-0.15, -0.1) is 0 Å². The van der Waals surface area contributed by atoms with Gasteiger partial charge in [0.25, 0.3) is 0 Å². The Morgan fingerprint density at radius 1 is 1.45 bits per heavy atom. The number of carbonyl (C=O) groups is 2. The maximum Gasteiger partial charge on any atom is 0.325 e. The summed E-state index contributed by atoms with van der Waals surface area (Å²) < 4.78 is 4.92. The van der Waals surface area contributed by atoms with Crippen LogP contribution in [0.25, 0.3) is 0 Å². The molecule has 1 saturated carbocycles. The largest absolute Gasteiger partial charge is 0.465 e. The second-order valence-corrected chi connectivity index (χ2v) is 6.23. The molecule has 0 heterocycles. The van der Waals surface area contributed by atoms with Gasteiger partial charge in [-0.2, -0.15) is 0 Å². The Balaban J connectivity index is 2.88. The van der Waals surface area contributed by atoms with Crippen LogP contribution in [-0.4, -0.2) is 41.0 Å². The summed E-state index contributed by atoms with van der Waals surface area (Å²) in [6.07, 6.45) is 1.32. The predicted molar refractivity (Wildman–Crippen MR) is 81.1 cm³/mol. The molecule has 2 N–H and O–H groups in total. The van der Waals surface area contributed by atoms with Gasteiger partial charge in [-0.25, -0.2) is 0 Å². The molecule has 0 atom stereocenters. The monoisotopic (exact) mass is 300 g/mol. The molecule has 0 aromatic heterocycles. The van der Waals surface area contributed by atoms with E-state index in [4.69, 9.17) is 22.7 Å². The third-order valence-corrected chi connectivity index (χ3v) is 4.15. The average molecular weight is 300 g/mol. The first kappa shape index (κ1) is 16.9. The summed E-state index contributed by atoms with van der Waals surface area (Å²) in [6, 6.07) is -0.103. The second kappa shape index (κ2) is 6.52. The molecule has 1 amide bonds. The minimum atomic E-state index is -0.772. The van der Waals surface area contributed by atoms with Crippen molar-refractivity contribution in [1.82, 2.24) is 4.90 Å². The molecule has 1 fully saturated rings. The van der Waals surface area contributed by atoms with Gasteiger partial charge in [-0.1, -0.05) is 19.1 Å². The predicted octanol–water partition coefficient (Wildman–Crippen LogP) is 1.49. The van der Waals surface area contributed by atoms with Gasteiger partial charge in [0, 0.05) is 6.04 Å². The molecule has 1 rings (SSSR count). The van der Waals surface area contributed by atoms with Crippen LogP contribution in [0.3, 0.4) is 0 Å². The molecule has 0 radical (unpaired) electrons. The van der Waals surface area contributed by atoms with E-state index in [9.17, 15) is 9.59 Å². The standard InChI is InChI=1S/C14H24N2O3S/c1-5-19-11(17)8-16(9(2)3)13(18)14(12(15)20)6-10(4)7-14/h9-10H,5-8H2,1-4H3,(H2,15,20). The molecule has 0 saturated heterocycles. The molecule has 0 aromatic rings. The first-order valence-electron chi connectivity index (χ1n) is 7.01. The van der Waals surface area contributed by atoms with Gasteiger partial charge in [-0.05, 0) is 39.5 Å². The fourth-order valence-electron chi connectivity index (χ4n) is 2.72. The van der Waals surface area contributed by atoms with Crippen LogP contribution >= 0.6 is 12.2 Å². The van der Waals surface area contributed by atoms with Crippen LogP contribution in [0.15, 0.2) is 0 Å². The minimum Gasteiger partial charge on any atom is -0.465 e. The van der Waals surface area contributed by atoms with Crippen LogP contribution in [0, 0.1) is 11.3 Å². The second-order valence-electron chi connectivity index (χ2n) is 5.79. The molecule has 0 unspecified atom stereocenters. The molecule has 1 aliphatic carbocycles. The Kier molecular flexibility index (Phi) is 5.50. The molecule has 5 nitrogen and oxygen atoms in total. The lowest BCUT2D eigenvalue weighted by molar-refractivity contribution is -0.155. The average Bonchev–Trinajstić information content (AvgIpc) is 2.30. The number of ether oxygens (including phenoxy) is 1. The molecule has 0 bridgehead atoms. The summed E-state index contributed by atoms with van der Waals surface area (Å²) in [5, 5.41) is 0. The van der Waals surface area contributed by atoms with E-state index < -0.39 is 11.4 Å². The van der Waals surface area contributed by atoms with Crippen molar-refractivity contribution in [3.05, 3.63) is 0 Å². The normalized spacial score (nSPS) is 24.9. The number of hydrogen-bond acceptors (Lipinski definition) is 4. The van der Waals surface area contributed by atoms with Crippen LogP contribution in [0.5, 0.6) is 0 Å². The van der Waals surface area contributed by atoms with Crippen molar-refractivity contribution >= 4 is 29.1 Å². The van der Waals surface area contributed by atoms with Gasteiger partial charge in [0.2, 0.25) is 5.91 Å². The zero-order chi connectivity index (χ0) is 15.5. The molecule has 0 aliphatic heterocycles. The molecular weight excluding hydrogens is 276 g/mol. The zero-order valence-corrected chi connectivity index (χ0v) is 13.5. The maximum atomic E-state index is 12.8. The minimum absolute atomic E-state index is 0.0525. The lowest BCUT2D eigenvalue weighted by atomic mass is 9.61. The van der Waals surface area contributed by atoms with Crippen LogP contribution in [0.2, 0.25) is 0 Å². The third-order valence-electron chi connectivity index (χ3n) is 3.76. The number of nitrogens with zero attached hydrogens (tertiary/aromatic N) is 1. The SMILES string of the molecule is CCOC(=O)CN(C(=O)C1(C(N)=S)CC(C)C1)C(C)C. The van der Waals surface area contributed by atoms with Crippen molar-refractivity contribution < 1.29 is 14.3 Å². The number of nitrogens with two attached hydrogens (primary N) is 1. The van der Waals surface area contributed by atoms with Crippen molar-refractivity contribution in [1.29, 1.82) is 0 Å². The van der Waals surface area contributed by atoms with Crippen LogP contribution < -0.4 is 5.73 Å². The van der Waals surface area contributed by atoms with Gasteiger partial charge in [0.15, 0.2) is 0 Å². The van der Waals surface area contributed by atoms with Crippen molar-refractivity contribution in [2.24, 2.45) is 17.1 Å². The first-order chi connectivity index (χ1) is 9.24. The van der Waals surface area contributed by atoms with Gasteiger partial charge < -0.3 is 15.4 Å². The van der Waals surface area contributed by atoms with Crippen molar-refractivity contribution in [2.75, 3.05) is 13.2 Å². The van der Waals surface area contributed by atoms with E-state index in [0.717, 1.165) is 0 Å². The highest BCUT2D eigenvalue weighted by atomic mass is 32.1. The topological polar surface area (TPSA) is 72.6 Å². The fourth-order valence-corrected chi connectivity index (χ4v) is 2.97. The van der Waals surface area contributed by atoms with E-state index in [1.165, 1.54) is 4.90 Å². The third kappa shape index (κ3) is 3.29. The lowest BCUT2D eigenvalue weighted by Crippen LogP contribution is -2.59. The summed E-state index contributed by atoms with van der Waals surface area (Å²) in [4.78, 5) is 26.2. The quantitative estimate of drug-likeness (QED) is 0.594. The van der Waals surface area contributed by atoms with E-state index >= 15 is 0 Å². The number of amides is 1. The van der Waals surface area contributed by atoms with E-state index in [0.29, 0.717) is 25.4 Å². The lowest BCUT2D eigenvalue weighted by Gasteiger charge is -2.47. The Hall–Kier alpha value is -1.17. The number of hydrogen-bond donors (Lipinski definition) is 1. The number of rotatable bonds is 6. The number of carbonyl (C=O) groups excluding carboxylic acids is 2. The smallest absolute Gasteiger partial charge is 0.325 e. The summed E-state index contributed by atoms with van der Waals surface area (Å²) in [5.74, 6) is -0.122. The fraction of sp³-hybridized carbons (Fsp3) is 0.786. The Bertz CT molecular complexity index is 403. The Labute approximate surface area is 125 Å². The zero-order valence-electron chi connectivity index (χ0n) is 12.6. The molecular formula is C14H24N2O3S. The van der Waals surface area contributed by atoms with Gasteiger partial charge in [-0.3, -0.25) is 9.59 Å². The van der Waals surface area contributed by atoms with E-state index in [1.54, 1.807) is 6.92 Å². The summed E-state index contributed by atoms with van der Waals surface area (Å²) in [6.45, 7) is 7.79. The van der Waals surface area contributed by atoms with E-state index in [-0.39, 0.29) is 23.5 Å².